The van der Waals surface area contributed by atoms with Gasteiger partial charge in [0.05, 0.1) is 6.61 Å². The number of rotatable bonds is 6. The van der Waals surface area contributed by atoms with Crippen LogP contribution in [0.3, 0.4) is 0 Å². The largest absolute Gasteiger partial charge is 0.464 e. The molecule has 1 fully saturated rings. The molecule has 0 aliphatic carbocycles. The van der Waals surface area contributed by atoms with Crippen molar-refractivity contribution in [1.82, 2.24) is 10.2 Å². The third-order valence-corrected chi connectivity index (χ3v) is 3.63. The van der Waals surface area contributed by atoms with E-state index in [2.05, 4.69) is 5.32 Å². The number of nitrogens with zero attached hydrogens (tertiary/aromatic N) is 1. The molecule has 2 unspecified atom stereocenters. The number of urea groups is 1. The van der Waals surface area contributed by atoms with Crippen molar-refractivity contribution in [1.29, 1.82) is 0 Å². The highest BCUT2D eigenvalue weighted by Gasteiger charge is 2.45. The Morgan fingerprint density at radius 2 is 1.91 bits per heavy atom. The van der Waals surface area contributed by atoms with E-state index in [9.17, 15) is 14.4 Å². The van der Waals surface area contributed by atoms with Crippen molar-refractivity contribution in [2.24, 2.45) is 5.92 Å². The molecule has 6 nitrogen and oxygen atoms in total. The fraction of sp³-hybridized carbons (Fsp3) is 0.471. The average Bonchev–Trinajstić information content (AvgIpc) is 2.83. The van der Waals surface area contributed by atoms with Gasteiger partial charge in [0.25, 0.3) is 5.91 Å². The van der Waals surface area contributed by atoms with Gasteiger partial charge >= 0.3 is 12.0 Å². The van der Waals surface area contributed by atoms with Gasteiger partial charge in [-0.15, -0.1) is 0 Å². The number of esters is 1. The Hall–Kier alpha value is -2.37. The summed E-state index contributed by atoms with van der Waals surface area (Å²) in [5.74, 6) is -0.774. The summed E-state index contributed by atoms with van der Waals surface area (Å²) in [6.45, 7) is 5.86. The van der Waals surface area contributed by atoms with Crippen molar-refractivity contribution in [2.45, 2.75) is 39.3 Å². The van der Waals surface area contributed by atoms with Crippen molar-refractivity contribution in [2.75, 3.05) is 6.61 Å². The lowest BCUT2D eigenvalue weighted by atomic mass is 10.1. The molecule has 0 aromatic heterocycles. The lowest BCUT2D eigenvalue weighted by Crippen LogP contribution is -2.46. The molecule has 2 rings (SSSR count). The number of carbonyl (C=O) groups excluding carboxylic acids is 3. The van der Waals surface area contributed by atoms with E-state index in [1.807, 2.05) is 19.9 Å². The Labute approximate surface area is 135 Å². The van der Waals surface area contributed by atoms with Crippen molar-refractivity contribution < 1.29 is 19.1 Å². The quantitative estimate of drug-likeness (QED) is 0.645. The molecule has 1 N–H and O–H groups in total. The van der Waals surface area contributed by atoms with E-state index in [1.165, 1.54) is 0 Å². The van der Waals surface area contributed by atoms with Crippen LogP contribution in [0.15, 0.2) is 30.3 Å². The first kappa shape index (κ1) is 17.0. The number of imide groups is 1. The normalized spacial score (nSPS) is 19.0. The Balaban J connectivity index is 2.16. The van der Waals surface area contributed by atoms with Crippen LogP contribution < -0.4 is 5.32 Å². The lowest BCUT2D eigenvalue weighted by molar-refractivity contribution is -0.153. The molecule has 0 radical (unpaired) electrons. The summed E-state index contributed by atoms with van der Waals surface area (Å²) in [6.07, 6.45) is 0.317. The number of carbonyl (C=O) groups is 3. The van der Waals surface area contributed by atoms with Crippen molar-refractivity contribution in [3.05, 3.63) is 35.9 Å². The highest BCUT2D eigenvalue weighted by Crippen LogP contribution is 2.24. The van der Waals surface area contributed by atoms with Gasteiger partial charge in [-0.05, 0) is 17.9 Å². The van der Waals surface area contributed by atoms with Crippen LogP contribution in [0.1, 0.15) is 38.8 Å². The van der Waals surface area contributed by atoms with Crippen molar-refractivity contribution >= 4 is 17.9 Å². The Morgan fingerprint density at radius 3 is 2.48 bits per heavy atom. The second-order valence-electron chi connectivity index (χ2n) is 5.95. The number of hydrogen-bond acceptors (Lipinski definition) is 4. The Kier molecular flexibility index (Phi) is 5.36. The maximum absolute atomic E-state index is 12.6. The summed E-state index contributed by atoms with van der Waals surface area (Å²) in [7, 11) is 0. The van der Waals surface area contributed by atoms with Gasteiger partial charge in [0.1, 0.15) is 12.1 Å². The van der Waals surface area contributed by atoms with Gasteiger partial charge in [0.2, 0.25) is 0 Å². The molecule has 23 heavy (non-hydrogen) atoms. The van der Waals surface area contributed by atoms with E-state index < -0.39 is 30.0 Å². The summed E-state index contributed by atoms with van der Waals surface area (Å²) in [6, 6.07) is 6.76. The van der Waals surface area contributed by atoms with Gasteiger partial charge in [-0.25, -0.2) is 14.5 Å². The molecule has 1 heterocycles. The minimum Gasteiger partial charge on any atom is -0.464 e. The van der Waals surface area contributed by atoms with Crippen LogP contribution in [0, 0.1) is 5.92 Å². The van der Waals surface area contributed by atoms with Gasteiger partial charge in [0.15, 0.2) is 0 Å². The molecule has 0 bridgehead atoms. The summed E-state index contributed by atoms with van der Waals surface area (Å²) in [5.41, 5.74) is 0.693. The molecule has 1 aliphatic heterocycles. The molecule has 0 spiro atoms. The lowest BCUT2D eigenvalue weighted by Gasteiger charge is -2.23. The molecule has 6 heteroatoms. The topological polar surface area (TPSA) is 75.7 Å². The second kappa shape index (κ2) is 7.26. The number of benzene rings is 1. The van der Waals surface area contributed by atoms with E-state index in [0.29, 0.717) is 12.0 Å². The maximum Gasteiger partial charge on any atom is 0.329 e. The third-order valence-electron chi connectivity index (χ3n) is 3.63. The molecule has 3 amide bonds. The zero-order chi connectivity index (χ0) is 17.0. The third kappa shape index (κ3) is 3.70. The van der Waals surface area contributed by atoms with Crippen molar-refractivity contribution in [3.63, 3.8) is 0 Å². The van der Waals surface area contributed by atoms with Crippen LogP contribution in [0.4, 0.5) is 4.79 Å². The zero-order valence-corrected chi connectivity index (χ0v) is 13.6. The van der Waals surface area contributed by atoms with Crippen molar-refractivity contribution in [3.8, 4) is 0 Å². The van der Waals surface area contributed by atoms with Crippen LogP contribution in [-0.2, 0) is 14.3 Å². The molecule has 1 aromatic carbocycles. The van der Waals surface area contributed by atoms with E-state index in [1.54, 1.807) is 31.2 Å². The number of hydrogen-bond donors (Lipinski definition) is 1. The van der Waals surface area contributed by atoms with Gasteiger partial charge in [0, 0.05) is 0 Å². The number of amides is 3. The second-order valence-corrected chi connectivity index (χ2v) is 5.95. The molecular weight excluding hydrogens is 296 g/mol. The maximum atomic E-state index is 12.6. The van der Waals surface area contributed by atoms with Crippen LogP contribution in [0.5, 0.6) is 0 Å². The van der Waals surface area contributed by atoms with Crippen LogP contribution in [0.25, 0.3) is 0 Å². The number of nitrogens with one attached hydrogen (secondary N) is 1. The summed E-state index contributed by atoms with van der Waals surface area (Å²) < 4.78 is 5.19. The molecular formula is C17H22N2O4. The molecule has 1 aromatic rings. The average molecular weight is 318 g/mol. The Morgan fingerprint density at radius 1 is 1.26 bits per heavy atom. The molecule has 0 saturated carbocycles. The van der Waals surface area contributed by atoms with Gasteiger partial charge in [-0.2, -0.15) is 0 Å². The molecule has 1 aliphatic rings. The first-order chi connectivity index (χ1) is 11.0. The summed E-state index contributed by atoms with van der Waals surface area (Å²) in [4.78, 5) is 38.0. The van der Waals surface area contributed by atoms with Gasteiger partial charge in [-0.3, -0.25) is 4.79 Å². The fourth-order valence-corrected chi connectivity index (χ4v) is 2.46. The zero-order valence-electron chi connectivity index (χ0n) is 13.6. The number of ether oxygens (including phenoxy) is 1. The fourth-order valence-electron chi connectivity index (χ4n) is 2.46. The van der Waals surface area contributed by atoms with Gasteiger partial charge < -0.3 is 10.1 Å². The minimum absolute atomic E-state index is 0.191. The Bertz CT molecular complexity index is 586. The van der Waals surface area contributed by atoms with E-state index in [-0.39, 0.29) is 12.5 Å². The standard InChI is InChI=1S/C17H22N2O4/c1-4-13(16(21)23-10-11(2)3)19-15(20)14(18-17(19)22)12-8-6-5-7-9-12/h5-9,11,13-14H,4,10H2,1-3H3,(H,18,22). The van der Waals surface area contributed by atoms with Crippen LogP contribution in [0.2, 0.25) is 0 Å². The smallest absolute Gasteiger partial charge is 0.329 e. The highest BCUT2D eigenvalue weighted by molar-refractivity contribution is 6.07. The van der Waals surface area contributed by atoms with Crippen LogP contribution >= 0.6 is 0 Å². The predicted molar refractivity (Wildman–Crippen MR) is 84.4 cm³/mol. The summed E-state index contributed by atoms with van der Waals surface area (Å²) in [5, 5.41) is 2.63. The SMILES string of the molecule is CCC(C(=O)OCC(C)C)N1C(=O)NC(c2ccccc2)C1=O. The molecule has 1 saturated heterocycles. The van der Waals surface area contributed by atoms with Gasteiger partial charge in [-0.1, -0.05) is 51.1 Å². The molecule has 124 valence electrons. The van der Waals surface area contributed by atoms with E-state index >= 15 is 0 Å². The first-order valence-corrected chi connectivity index (χ1v) is 7.80. The highest BCUT2D eigenvalue weighted by atomic mass is 16.5. The van der Waals surface area contributed by atoms with Crippen LogP contribution in [-0.4, -0.2) is 35.5 Å². The minimum atomic E-state index is -0.894. The summed E-state index contributed by atoms with van der Waals surface area (Å²) >= 11 is 0. The van der Waals surface area contributed by atoms with E-state index in [4.69, 9.17) is 4.74 Å². The monoisotopic (exact) mass is 318 g/mol. The predicted octanol–water partition coefficient (Wildman–Crippen LogP) is 2.26. The molecule has 2 atom stereocenters. The van der Waals surface area contributed by atoms with E-state index in [0.717, 1.165) is 4.90 Å². The first-order valence-electron chi connectivity index (χ1n) is 7.80.